The fourth-order valence-electron chi connectivity index (χ4n) is 7.68. The van der Waals surface area contributed by atoms with Crippen molar-refractivity contribution in [2.45, 2.75) is 57.4 Å². The minimum absolute atomic E-state index is 0.181. The Morgan fingerprint density at radius 3 is 2.25 bits per heavy atom. The number of hydrogen-bond acceptors (Lipinski definition) is 9. The van der Waals surface area contributed by atoms with Gasteiger partial charge in [-0.25, -0.2) is 19.3 Å². The molecule has 0 spiro atoms. The van der Waals surface area contributed by atoms with Crippen LogP contribution in [0.2, 0.25) is 0 Å². The third-order valence-electron chi connectivity index (χ3n) is 10.5. The third-order valence-corrected chi connectivity index (χ3v) is 10.5. The van der Waals surface area contributed by atoms with Crippen LogP contribution in [-0.4, -0.2) is 62.3 Å². The summed E-state index contributed by atoms with van der Waals surface area (Å²) >= 11 is 0. The summed E-state index contributed by atoms with van der Waals surface area (Å²) in [6, 6.07) is 20.5. The fraction of sp³-hybridized carbons (Fsp3) is 0.333. The minimum atomic E-state index is -0.271. The highest BCUT2D eigenvalue weighted by molar-refractivity contribution is 6.01. The van der Waals surface area contributed by atoms with Crippen LogP contribution >= 0.6 is 0 Å². The molecule has 2 aromatic carbocycles. The van der Waals surface area contributed by atoms with Gasteiger partial charge in [-0.3, -0.25) is 19.7 Å². The molecule has 5 aromatic rings. The van der Waals surface area contributed by atoms with E-state index in [4.69, 9.17) is 9.97 Å². The molecule has 2 unspecified atom stereocenters. The number of anilines is 4. The summed E-state index contributed by atoms with van der Waals surface area (Å²) in [5, 5.41) is 6.21. The van der Waals surface area contributed by atoms with Crippen molar-refractivity contribution in [1.29, 1.82) is 0 Å². The Balaban J connectivity index is 0.952. The highest BCUT2D eigenvalue weighted by atomic mass is 16.2. The lowest BCUT2D eigenvalue weighted by atomic mass is 9.90. The van der Waals surface area contributed by atoms with Crippen LogP contribution in [0, 0.1) is 0 Å². The molecule has 51 heavy (non-hydrogen) atoms. The van der Waals surface area contributed by atoms with Crippen LogP contribution in [0.3, 0.4) is 0 Å². The standard InChI is InChI=1S/C39H41N9O3/c1-3-19-47-38(51)32-24-40-39(44-36(32)48(47)33-17-9-27-6-5-25(4-2)35(27)42-33)41-28-10-14-30(15-11-28)46-22-20-45(21-23-46)29-12-7-26(8-13-29)31-16-18-34(49)43-37(31)50/h3,7-15,17,24-25,31H,1,4-6,16,18-23H2,2H3,(H,40,41,44)(H,43,49,50). The molecule has 260 valence electrons. The number of piperazine rings is 1. The van der Waals surface area contributed by atoms with E-state index in [1.165, 1.54) is 5.56 Å². The van der Waals surface area contributed by atoms with Gasteiger partial charge >= 0.3 is 0 Å². The lowest BCUT2D eigenvalue weighted by Gasteiger charge is -2.37. The van der Waals surface area contributed by atoms with Crippen molar-refractivity contribution in [3.63, 3.8) is 0 Å². The van der Waals surface area contributed by atoms with Gasteiger partial charge in [0.2, 0.25) is 17.8 Å². The number of nitrogens with zero attached hydrogens (tertiary/aromatic N) is 7. The summed E-state index contributed by atoms with van der Waals surface area (Å²) in [5.41, 5.74) is 6.76. The Bertz CT molecular complexity index is 2180. The maximum absolute atomic E-state index is 13.5. The van der Waals surface area contributed by atoms with Crippen LogP contribution in [0.15, 0.2) is 84.3 Å². The van der Waals surface area contributed by atoms with Crippen LogP contribution in [0.25, 0.3) is 16.9 Å². The molecule has 0 saturated carbocycles. The van der Waals surface area contributed by atoms with Crippen LogP contribution in [0.5, 0.6) is 0 Å². The zero-order chi connectivity index (χ0) is 35.1. The second kappa shape index (κ2) is 13.5. The molecule has 5 heterocycles. The van der Waals surface area contributed by atoms with E-state index in [1.807, 2.05) is 30.3 Å². The van der Waals surface area contributed by atoms with E-state index >= 15 is 0 Å². The van der Waals surface area contributed by atoms with Crippen molar-refractivity contribution in [1.82, 2.24) is 29.6 Å². The first-order valence-electron chi connectivity index (χ1n) is 17.8. The monoisotopic (exact) mass is 683 g/mol. The van der Waals surface area contributed by atoms with E-state index in [2.05, 4.69) is 69.3 Å². The molecular formula is C39H41N9O3. The van der Waals surface area contributed by atoms with Crippen molar-refractivity contribution in [3.8, 4) is 5.82 Å². The van der Waals surface area contributed by atoms with Gasteiger partial charge in [0.05, 0.1) is 12.5 Å². The van der Waals surface area contributed by atoms with Gasteiger partial charge in [-0.15, -0.1) is 6.58 Å². The van der Waals surface area contributed by atoms with Crippen LogP contribution in [0.1, 0.15) is 61.3 Å². The zero-order valence-electron chi connectivity index (χ0n) is 28.7. The SMILES string of the molecule is C=CCn1c(=O)c2cnc(Nc3ccc(N4CCN(c5ccc(C6CCC(=O)NC6=O)cc5)CC4)cc3)nc2n1-c1ccc2c(n1)C(CC)CC2. The number of pyridine rings is 1. The number of allylic oxidation sites excluding steroid dienone is 1. The second-order valence-electron chi connectivity index (χ2n) is 13.5. The molecule has 2 saturated heterocycles. The van der Waals surface area contributed by atoms with Gasteiger partial charge in [0.15, 0.2) is 11.5 Å². The Kier molecular flexibility index (Phi) is 8.58. The molecule has 3 aliphatic rings. The third kappa shape index (κ3) is 6.15. The Labute approximate surface area is 295 Å². The molecule has 0 radical (unpaired) electrons. The van der Waals surface area contributed by atoms with Gasteiger partial charge in [0.1, 0.15) is 5.39 Å². The molecule has 2 N–H and O–H groups in total. The Morgan fingerprint density at radius 1 is 0.882 bits per heavy atom. The molecule has 1 aliphatic carbocycles. The fourth-order valence-corrected chi connectivity index (χ4v) is 7.68. The number of hydrogen-bond donors (Lipinski definition) is 2. The number of aromatic nitrogens is 5. The highest BCUT2D eigenvalue weighted by Crippen LogP contribution is 2.35. The first-order chi connectivity index (χ1) is 24.9. The van der Waals surface area contributed by atoms with Gasteiger partial charge in [0.25, 0.3) is 5.56 Å². The molecule has 2 amide bonds. The number of rotatable bonds is 9. The highest BCUT2D eigenvalue weighted by Gasteiger charge is 2.28. The van der Waals surface area contributed by atoms with Crippen molar-refractivity contribution < 1.29 is 9.59 Å². The molecule has 3 aromatic heterocycles. The molecule has 8 rings (SSSR count). The molecule has 12 heteroatoms. The predicted octanol–water partition coefficient (Wildman–Crippen LogP) is 5.19. The second-order valence-corrected chi connectivity index (χ2v) is 13.5. The quantitative estimate of drug-likeness (QED) is 0.159. The average Bonchev–Trinajstić information content (AvgIpc) is 3.69. The lowest BCUT2D eigenvalue weighted by molar-refractivity contribution is -0.134. The van der Waals surface area contributed by atoms with E-state index < -0.39 is 0 Å². The van der Waals surface area contributed by atoms with Crippen molar-refractivity contribution in [2.24, 2.45) is 0 Å². The van der Waals surface area contributed by atoms with E-state index in [9.17, 15) is 14.4 Å². The number of fused-ring (bicyclic) bond motifs is 2. The Morgan fingerprint density at radius 2 is 1.59 bits per heavy atom. The van der Waals surface area contributed by atoms with E-state index in [1.54, 1.807) is 21.6 Å². The molecular weight excluding hydrogens is 642 g/mol. The normalized spacial score (nSPS) is 18.9. The van der Waals surface area contributed by atoms with Crippen LogP contribution in [0.4, 0.5) is 23.0 Å². The molecule has 12 nitrogen and oxygen atoms in total. The molecule has 0 bridgehead atoms. The smallest absolute Gasteiger partial charge is 0.278 e. The van der Waals surface area contributed by atoms with Gasteiger partial charge in [-0.2, -0.15) is 4.98 Å². The van der Waals surface area contributed by atoms with E-state index in [-0.39, 0.29) is 23.3 Å². The van der Waals surface area contributed by atoms with Gasteiger partial charge in [-0.05, 0) is 79.3 Å². The summed E-state index contributed by atoms with van der Waals surface area (Å²) in [4.78, 5) is 56.4. The topological polar surface area (TPSA) is 130 Å². The first-order valence-corrected chi connectivity index (χ1v) is 17.8. The number of aryl methyl sites for hydroxylation is 1. The molecule has 2 fully saturated rings. The zero-order valence-corrected chi connectivity index (χ0v) is 28.7. The van der Waals surface area contributed by atoms with Crippen LogP contribution < -0.4 is 26.0 Å². The van der Waals surface area contributed by atoms with Gasteiger partial charge in [-0.1, -0.05) is 31.2 Å². The van der Waals surface area contributed by atoms with E-state index in [0.717, 1.165) is 73.8 Å². The summed E-state index contributed by atoms with van der Waals surface area (Å²) in [6.07, 6.45) is 7.38. The Hall–Kier alpha value is -5.78. The number of carbonyl (C=O) groups is 2. The van der Waals surface area contributed by atoms with E-state index in [0.29, 0.717) is 48.1 Å². The number of nitrogens with one attached hydrogen (secondary N) is 2. The van der Waals surface area contributed by atoms with Gasteiger partial charge < -0.3 is 15.1 Å². The number of piperidine rings is 1. The lowest BCUT2D eigenvalue weighted by Crippen LogP contribution is -2.46. The maximum atomic E-state index is 13.5. The summed E-state index contributed by atoms with van der Waals surface area (Å²) < 4.78 is 3.42. The summed E-state index contributed by atoms with van der Waals surface area (Å²) in [6.45, 7) is 9.87. The summed E-state index contributed by atoms with van der Waals surface area (Å²) in [7, 11) is 0. The van der Waals surface area contributed by atoms with Crippen molar-refractivity contribution in [2.75, 3.05) is 41.3 Å². The minimum Gasteiger partial charge on any atom is -0.368 e. The van der Waals surface area contributed by atoms with Crippen molar-refractivity contribution >= 4 is 45.9 Å². The summed E-state index contributed by atoms with van der Waals surface area (Å²) in [5.74, 6) is 0.811. The largest absolute Gasteiger partial charge is 0.368 e. The maximum Gasteiger partial charge on any atom is 0.278 e. The molecule has 2 aliphatic heterocycles. The number of carbonyl (C=O) groups excluding carboxylic acids is 2. The average molecular weight is 684 g/mol. The van der Waals surface area contributed by atoms with Gasteiger partial charge in [0, 0.05) is 67.5 Å². The number of amides is 2. The number of imide groups is 1. The van der Waals surface area contributed by atoms with Crippen LogP contribution in [-0.2, 0) is 22.6 Å². The number of benzene rings is 2. The predicted molar refractivity (Wildman–Crippen MR) is 198 cm³/mol. The molecule has 2 atom stereocenters. The first kappa shape index (κ1) is 32.4. The van der Waals surface area contributed by atoms with Crippen molar-refractivity contribution in [3.05, 3.63) is 107 Å².